The van der Waals surface area contributed by atoms with Crippen molar-refractivity contribution in [1.82, 2.24) is 15.5 Å². The van der Waals surface area contributed by atoms with E-state index in [1.807, 2.05) is 6.92 Å². The topological polar surface area (TPSA) is 83.0 Å². The molecule has 0 radical (unpaired) electrons. The monoisotopic (exact) mass is 394 g/mol. The molecular weight excluding hydrogens is 364 g/mol. The van der Waals surface area contributed by atoms with Crippen LogP contribution in [0.15, 0.2) is 23.2 Å². The Hall–Kier alpha value is -1.80. The summed E-state index contributed by atoms with van der Waals surface area (Å²) in [5, 5.41) is 6.65. The fourth-order valence-electron chi connectivity index (χ4n) is 3.34. The summed E-state index contributed by atoms with van der Waals surface area (Å²) in [7, 11) is -2.82. The third-order valence-corrected chi connectivity index (χ3v) is 6.54. The van der Waals surface area contributed by atoms with Gasteiger partial charge in [-0.1, -0.05) is 12.1 Å². The first-order valence-corrected chi connectivity index (χ1v) is 11.6. The van der Waals surface area contributed by atoms with Crippen molar-refractivity contribution in [2.75, 3.05) is 57.4 Å². The smallest absolute Gasteiger partial charge is 0.191 e. The van der Waals surface area contributed by atoms with Gasteiger partial charge in [-0.3, -0.25) is 9.89 Å². The summed E-state index contributed by atoms with van der Waals surface area (Å²) in [5.41, 5.74) is 2.61. The summed E-state index contributed by atoms with van der Waals surface area (Å²) in [6.07, 6.45) is 1.93. The number of ether oxygens (including phenoxy) is 1. The van der Waals surface area contributed by atoms with E-state index in [-0.39, 0.29) is 11.5 Å². The fourth-order valence-corrected chi connectivity index (χ4v) is 4.62. The molecule has 1 fully saturated rings. The third kappa shape index (κ3) is 6.10. The van der Waals surface area contributed by atoms with E-state index in [4.69, 9.17) is 4.74 Å². The van der Waals surface area contributed by atoms with Gasteiger partial charge in [0.2, 0.25) is 0 Å². The van der Waals surface area contributed by atoms with E-state index in [0.717, 1.165) is 50.8 Å². The first-order chi connectivity index (χ1) is 13.1. The molecule has 3 rings (SSSR count). The lowest BCUT2D eigenvalue weighted by Gasteiger charge is -2.25. The second-order valence-electron chi connectivity index (χ2n) is 6.97. The van der Waals surface area contributed by atoms with Crippen molar-refractivity contribution >= 4 is 15.8 Å². The number of nitrogens with zero attached hydrogens (tertiary/aromatic N) is 2. The predicted molar refractivity (Wildman–Crippen MR) is 108 cm³/mol. The Morgan fingerprint density at radius 1 is 1.26 bits per heavy atom. The van der Waals surface area contributed by atoms with Crippen molar-refractivity contribution in [3.05, 3.63) is 29.3 Å². The molecule has 2 heterocycles. The lowest BCUT2D eigenvalue weighted by Crippen LogP contribution is -2.42. The number of sulfone groups is 1. The van der Waals surface area contributed by atoms with E-state index in [2.05, 4.69) is 38.7 Å². The second kappa shape index (κ2) is 9.41. The number of fused-ring (bicyclic) bond motifs is 1. The van der Waals surface area contributed by atoms with Crippen LogP contribution >= 0.6 is 0 Å². The average Bonchev–Trinajstić information content (AvgIpc) is 3.11. The predicted octanol–water partition coefficient (Wildman–Crippen LogP) is 0.450. The van der Waals surface area contributed by atoms with Crippen LogP contribution in [0.3, 0.4) is 0 Å². The maximum absolute atomic E-state index is 11.5. The molecule has 0 atom stereocenters. The molecular formula is C19H30N4O3S. The molecule has 0 bridgehead atoms. The number of guanidine groups is 1. The van der Waals surface area contributed by atoms with E-state index < -0.39 is 9.84 Å². The number of nitrogens with one attached hydrogen (secondary N) is 2. The summed E-state index contributed by atoms with van der Waals surface area (Å²) in [5.74, 6) is 2.36. The minimum atomic E-state index is -2.82. The Morgan fingerprint density at radius 3 is 2.85 bits per heavy atom. The van der Waals surface area contributed by atoms with Crippen molar-refractivity contribution in [2.24, 2.45) is 4.99 Å². The van der Waals surface area contributed by atoms with Gasteiger partial charge >= 0.3 is 0 Å². The molecule has 0 aromatic heterocycles. The molecule has 0 spiro atoms. The molecule has 2 N–H and O–H groups in total. The molecule has 0 aliphatic carbocycles. The quantitative estimate of drug-likeness (QED) is 0.516. The lowest BCUT2D eigenvalue weighted by atomic mass is 10.1. The molecule has 1 saturated heterocycles. The summed E-state index contributed by atoms with van der Waals surface area (Å²) >= 11 is 0. The number of hydrogen-bond donors (Lipinski definition) is 2. The Balaban J connectivity index is 1.42. The average molecular weight is 395 g/mol. The minimum absolute atomic E-state index is 0.265. The van der Waals surface area contributed by atoms with Crippen molar-refractivity contribution in [1.29, 1.82) is 0 Å². The van der Waals surface area contributed by atoms with Gasteiger partial charge in [0.1, 0.15) is 5.75 Å². The SMILES string of the molecule is CCNC(=NCCN1CCS(=O)(=O)CC1)NCCc1ccc2c(c1)CCO2. The van der Waals surface area contributed by atoms with Crippen molar-refractivity contribution in [2.45, 2.75) is 19.8 Å². The lowest BCUT2D eigenvalue weighted by molar-refractivity contribution is 0.304. The Morgan fingerprint density at radius 2 is 2.07 bits per heavy atom. The Labute approximate surface area is 162 Å². The van der Waals surface area contributed by atoms with E-state index in [1.54, 1.807) is 0 Å². The van der Waals surface area contributed by atoms with Crippen LogP contribution < -0.4 is 15.4 Å². The highest BCUT2D eigenvalue weighted by atomic mass is 32.2. The van der Waals surface area contributed by atoms with Crippen LogP contribution in [-0.4, -0.2) is 76.7 Å². The summed E-state index contributed by atoms with van der Waals surface area (Å²) in [4.78, 5) is 6.78. The van der Waals surface area contributed by atoms with Gasteiger partial charge in [0.15, 0.2) is 15.8 Å². The molecule has 0 unspecified atom stereocenters. The minimum Gasteiger partial charge on any atom is -0.493 e. The first kappa shape index (κ1) is 19.9. The van der Waals surface area contributed by atoms with Crippen LogP contribution in [0.25, 0.3) is 0 Å². The van der Waals surface area contributed by atoms with Crippen LogP contribution in [0.1, 0.15) is 18.1 Å². The molecule has 150 valence electrons. The van der Waals surface area contributed by atoms with Gasteiger partial charge in [-0.2, -0.15) is 0 Å². The highest BCUT2D eigenvalue weighted by molar-refractivity contribution is 7.91. The van der Waals surface area contributed by atoms with Crippen molar-refractivity contribution in [3.63, 3.8) is 0 Å². The van der Waals surface area contributed by atoms with E-state index in [9.17, 15) is 8.42 Å². The summed E-state index contributed by atoms with van der Waals surface area (Å²) < 4.78 is 28.5. The molecule has 1 aromatic rings. The zero-order valence-corrected chi connectivity index (χ0v) is 16.9. The maximum Gasteiger partial charge on any atom is 0.191 e. The van der Waals surface area contributed by atoms with Gasteiger partial charge in [-0.05, 0) is 30.5 Å². The molecule has 27 heavy (non-hydrogen) atoms. The number of rotatable bonds is 7. The van der Waals surface area contributed by atoms with E-state index in [0.29, 0.717) is 19.6 Å². The van der Waals surface area contributed by atoms with Gasteiger partial charge < -0.3 is 15.4 Å². The van der Waals surface area contributed by atoms with Crippen molar-refractivity contribution < 1.29 is 13.2 Å². The first-order valence-electron chi connectivity index (χ1n) is 9.75. The Bertz CT molecular complexity index is 750. The van der Waals surface area contributed by atoms with Gasteiger partial charge in [-0.25, -0.2) is 8.42 Å². The molecule has 2 aliphatic heterocycles. The normalized spacial score (nSPS) is 19.4. The van der Waals surface area contributed by atoms with Crippen LogP contribution in [0.4, 0.5) is 0 Å². The number of aliphatic imine (C=N–C) groups is 1. The van der Waals surface area contributed by atoms with Gasteiger partial charge in [0, 0.05) is 39.1 Å². The maximum atomic E-state index is 11.5. The van der Waals surface area contributed by atoms with E-state index >= 15 is 0 Å². The van der Waals surface area contributed by atoms with Crippen LogP contribution in [0.2, 0.25) is 0 Å². The zero-order valence-electron chi connectivity index (χ0n) is 16.0. The van der Waals surface area contributed by atoms with Crippen LogP contribution in [-0.2, 0) is 22.7 Å². The molecule has 0 amide bonds. The third-order valence-electron chi connectivity index (χ3n) is 4.93. The molecule has 7 nitrogen and oxygen atoms in total. The Kier molecular flexibility index (Phi) is 6.95. The zero-order chi connectivity index (χ0) is 19.1. The molecule has 2 aliphatic rings. The van der Waals surface area contributed by atoms with Crippen molar-refractivity contribution in [3.8, 4) is 5.75 Å². The van der Waals surface area contributed by atoms with Gasteiger partial charge in [0.05, 0.1) is 24.7 Å². The van der Waals surface area contributed by atoms with E-state index in [1.165, 1.54) is 11.1 Å². The molecule has 0 saturated carbocycles. The number of hydrogen-bond acceptors (Lipinski definition) is 5. The summed E-state index contributed by atoms with van der Waals surface area (Å²) in [6.45, 7) is 7.14. The molecule has 1 aromatic carbocycles. The number of benzene rings is 1. The fraction of sp³-hybridized carbons (Fsp3) is 0.632. The van der Waals surface area contributed by atoms with Crippen LogP contribution in [0.5, 0.6) is 5.75 Å². The molecule has 8 heteroatoms. The van der Waals surface area contributed by atoms with Crippen LogP contribution in [0, 0.1) is 0 Å². The highest BCUT2D eigenvalue weighted by Gasteiger charge is 2.20. The largest absolute Gasteiger partial charge is 0.493 e. The van der Waals surface area contributed by atoms with Gasteiger partial charge in [-0.15, -0.1) is 0 Å². The highest BCUT2D eigenvalue weighted by Crippen LogP contribution is 2.25. The standard InChI is InChI=1S/C19H30N4O3S/c1-2-20-19(22-8-9-23-10-13-27(24,25)14-11-23)21-7-5-16-3-4-18-17(15-16)6-12-26-18/h3-4,15H,2,5-14H2,1H3,(H2,20,21,22). The van der Waals surface area contributed by atoms with Gasteiger partial charge in [0.25, 0.3) is 0 Å². The second-order valence-corrected chi connectivity index (χ2v) is 9.28. The summed E-state index contributed by atoms with van der Waals surface area (Å²) in [6, 6.07) is 6.43.